The van der Waals surface area contributed by atoms with Gasteiger partial charge in [0.25, 0.3) is 5.91 Å². The van der Waals surface area contributed by atoms with Crippen molar-refractivity contribution in [2.24, 2.45) is 5.41 Å². The van der Waals surface area contributed by atoms with E-state index in [0.717, 1.165) is 48.3 Å². The van der Waals surface area contributed by atoms with Crippen LogP contribution in [-0.2, 0) is 11.2 Å². The lowest BCUT2D eigenvalue weighted by molar-refractivity contribution is 0.0496. The molecule has 6 nitrogen and oxygen atoms in total. The van der Waals surface area contributed by atoms with Crippen LogP contribution in [0.2, 0.25) is 0 Å². The van der Waals surface area contributed by atoms with Gasteiger partial charge in [0.1, 0.15) is 5.82 Å². The third-order valence-electron chi connectivity index (χ3n) is 7.10. The van der Waals surface area contributed by atoms with Crippen LogP contribution in [0.3, 0.4) is 0 Å². The number of hydrogen-bond donors (Lipinski definition) is 1. The van der Waals surface area contributed by atoms with Gasteiger partial charge in [0.2, 0.25) is 5.95 Å². The molecule has 1 amide bonds. The maximum Gasteiger partial charge on any atom is 0.253 e. The topological polar surface area (TPSA) is 67.4 Å². The number of carbonyl (C=O) groups excluding carboxylic acids is 1. The Hall–Kier alpha value is -3.32. The first-order valence-electron chi connectivity index (χ1n) is 12.2. The molecule has 1 spiro atoms. The highest BCUT2D eigenvalue weighted by Gasteiger charge is 2.43. The van der Waals surface area contributed by atoms with Crippen molar-refractivity contribution < 1.29 is 13.9 Å². The smallest absolute Gasteiger partial charge is 0.253 e. The number of rotatable bonds is 5. The molecule has 3 heterocycles. The molecule has 3 aromatic rings. The standard InChI is InChI=1S/C28H31FN4O2/c1-19-13-20(2)31-27(30-19)32-24-8-4-6-22(16-24)26(34)33-11-9-28(10-12-33)17-25(35-18-28)15-21-5-3-7-23(29)14-21/h3-8,13-14,16,25H,9-12,15,17-18H2,1-2H3,(H,30,31,32). The number of benzene rings is 2. The fourth-order valence-corrected chi connectivity index (χ4v) is 5.31. The number of ether oxygens (including phenoxy) is 1. The summed E-state index contributed by atoms with van der Waals surface area (Å²) in [6.07, 6.45) is 3.64. The predicted octanol–water partition coefficient (Wildman–Crippen LogP) is 5.23. The van der Waals surface area contributed by atoms with Crippen LogP contribution in [0, 0.1) is 25.1 Å². The second-order valence-electron chi connectivity index (χ2n) is 9.94. The molecule has 7 heteroatoms. The number of nitrogens with one attached hydrogen (secondary N) is 1. The molecular formula is C28H31FN4O2. The van der Waals surface area contributed by atoms with Crippen LogP contribution in [0.4, 0.5) is 16.0 Å². The normalized spacial score (nSPS) is 19.2. The summed E-state index contributed by atoms with van der Waals surface area (Å²) < 4.78 is 19.6. The van der Waals surface area contributed by atoms with Gasteiger partial charge in [-0.1, -0.05) is 18.2 Å². The van der Waals surface area contributed by atoms with Gasteiger partial charge in [-0.05, 0) is 86.9 Å². The number of nitrogens with zero attached hydrogens (tertiary/aromatic N) is 3. The van der Waals surface area contributed by atoms with Crippen LogP contribution in [0.5, 0.6) is 0 Å². The second kappa shape index (κ2) is 9.74. The molecule has 0 bridgehead atoms. The Morgan fingerprint density at radius 2 is 1.83 bits per heavy atom. The molecule has 0 aliphatic carbocycles. The largest absolute Gasteiger partial charge is 0.377 e. The Morgan fingerprint density at radius 3 is 2.57 bits per heavy atom. The molecule has 1 unspecified atom stereocenters. The van der Waals surface area contributed by atoms with Crippen LogP contribution in [0.25, 0.3) is 0 Å². The molecule has 182 valence electrons. The van der Waals surface area contributed by atoms with E-state index in [1.54, 1.807) is 12.1 Å². The number of carbonyl (C=O) groups is 1. The van der Waals surface area contributed by atoms with Crippen molar-refractivity contribution in [2.75, 3.05) is 25.0 Å². The van der Waals surface area contributed by atoms with E-state index in [4.69, 9.17) is 4.74 Å². The number of amides is 1. The molecule has 2 aliphatic rings. The summed E-state index contributed by atoms with van der Waals surface area (Å²) in [5.41, 5.74) is 4.31. The molecule has 1 atom stereocenters. The highest BCUT2D eigenvalue weighted by atomic mass is 19.1. The molecule has 0 radical (unpaired) electrons. The van der Waals surface area contributed by atoms with Crippen molar-refractivity contribution in [3.63, 3.8) is 0 Å². The van der Waals surface area contributed by atoms with Gasteiger partial charge in [-0.2, -0.15) is 0 Å². The lowest BCUT2D eigenvalue weighted by atomic mass is 9.76. The van der Waals surface area contributed by atoms with Gasteiger partial charge in [-0.15, -0.1) is 0 Å². The van der Waals surface area contributed by atoms with Crippen LogP contribution in [0.1, 0.15) is 46.6 Å². The van der Waals surface area contributed by atoms with Crippen molar-refractivity contribution >= 4 is 17.5 Å². The lowest BCUT2D eigenvalue weighted by Gasteiger charge is -2.38. The molecule has 5 rings (SSSR count). The Labute approximate surface area is 205 Å². The second-order valence-corrected chi connectivity index (χ2v) is 9.94. The van der Waals surface area contributed by atoms with Crippen molar-refractivity contribution in [3.05, 3.63) is 82.9 Å². The average molecular weight is 475 g/mol. The molecular weight excluding hydrogens is 443 g/mol. The van der Waals surface area contributed by atoms with Crippen LogP contribution >= 0.6 is 0 Å². The molecule has 1 aromatic heterocycles. The zero-order valence-electron chi connectivity index (χ0n) is 20.3. The summed E-state index contributed by atoms with van der Waals surface area (Å²) in [6, 6.07) is 16.2. The lowest BCUT2D eigenvalue weighted by Crippen LogP contribution is -2.43. The minimum absolute atomic E-state index is 0.0417. The molecule has 2 fully saturated rings. The number of hydrogen-bond acceptors (Lipinski definition) is 5. The van der Waals surface area contributed by atoms with Crippen LogP contribution in [0.15, 0.2) is 54.6 Å². The number of piperidine rings is 1. The molecule has 35 heavy (non-hydrogen) atoms. The van der Waals surface area contributed by atoms with E-state index >= 15 is 0 Å². The van der Waals surface area contributed by atoms with Gasteiger partial charge < -0.3 is 15.0 Å². The first-order chi connectivity index (χ1) is 16.9. The summed E-state index contributed by atoms with van der Waals surface area (Å²) in [6.45, 7) is 6.01. The van der Waals surface area contributed by atoms with Gasteiger partial charge in [0, 0.05) is 35.7 Å². The summed E-state index contributed by atoms with van der Waals surface area (Å²) >= 11 is 0. The summed E-state index contributed by atoms with van der Waals surface area (Å²) in [5.74, 6) is 0.365. The molecule has 0 saturated carbocycles. The summed E-state index contributed by atoms with van der Waals surface area (Å²) in [5, 5.41) is 3.22. The monoisotopic (exact) mass is 474 g/mol. The van der Waals surface area contributed by atoms with Crippen molar-refractivity contribution in [2.45, 2.75) is 45.6 Å². The Bertz CT molecular complexity index is 1200. The highest BCUT2D eigenvalue weighted by Crippen LogP contribution is 2.43. The van der Waals surface area contributed by atoms with Gasteiger partial charge in [0.05, 0.1) is 12.7 Å². The quantitative estimate of drug-likeness (QED) is 0.549. The van der Waals surface area contributed by atoms with E-state index < -0.39 is 0 Å². The predicted molar refractivity (Wildman–Crippen MR) is 133 cm³/mol. The Balaban J connectivity index is 1.18. The maximum absolute atomic E-state index is 13.5. The van der Waals surface area contributed by atoms with E-state index in [9.17, 15) is 9.18 Å². The van der Waals surface area contributed by atoms with E-state index in [0.29, 0.717) is 31.2 Å². The fourth-order valence-electron chi connectivity index (χ4n) is 5.31. The van der Waals surface area contributed by atoms with E-state index in [2.05, 4.69) is 15.3 Å². The molecule has 2 saturated heterocycles. The summed E-state index contributed by atoms with van der Waals surface area (Å²) in [7, 11) is 0. The summed E-state index contributed by atoms with van der Waals surface area (Å²) in [4.78, 5) is 24.0. The third kappa shape index (κ3) is 5.51. The highest BCUT2D eigenvalue weighted by molar-refractivity contribution is 5.95. The first-order valence-corrected chi connectivity index (χ1v) is 12.2. The van der Waals surface area contributed by atoms with E-state index in [1.165, 1.54) is 6.07 Å². The van der Waals surface area contributed by atoms with Gasteiger partial charge >= 0.3 is 0 Å². The minimum atomic E-state index is -0.206. The fraction of sp³-hybridized carbons (Fsp3) is 0.393. The number of halogens is 1. The van der Waals surface area contributed by atoms with Crippen molar-refractivity contribution in [3.8, 4) is 0 Å². The van der Waals surface area contributed by atoms with Crippen LogP contribution in [-0.4, -0.2) is 46.6 Å². The molecule has 2 aliphatic heterocycles. The first kappa shape index (κ1) is 23.4. The minimum Gasteiger partial charge on any atom is -0.377 e. The third-order valence-corrected chi connectivity index (χ3v) is 7.10. The van der Waals surface area contributed by atoms with Gasteiger partial charge in [-0.3, -0.25) is 4.79 Å². The average Bonchev–Trinajstić information content (AvgIpc) is 3.20. The maximum atomic E-state index is 13.5. The molecule has 2 aromatic carbocycles. The van der Waals surface area contributed by atoms with Crippen LogP contribution < -0.4 is 5.32 Å². The van der Waals surface area contributed by atoms with Crippen molar-refractivity contribution in [1.29, 1.82) is 0 Å². The SMILES string of the molecule is Cc1cc(C)nc(Nc2cccc(C(=O)N3CCC4(CC3)COC(Cc3cccc(F)c3)C4)c2)n1. The van der Waals surface area contributed by atoms with E-state index in [-0.39, 0.29) is 23.2 Å². The van der Waals surface area contributed by atoms with E-state index in [1.807, 2.05) is 55.1 Å². The van der Waals surface area contributed by atoms with Gasteiger partial charge in [0.15, 0.2) is 0 Å². The Kier molecular flexibility index (Phi) is 6.52. The zero-order chi connectivity index (χ0) is 24.4. The number of likely N-dealkylation sites (tertiary alicyclic amines) is 1. The molecule has 1 N–H and O–H groups in total. The van der Waals surface area contributed by atoms with Gasteiger partial charge in [-0.25, -0.2) is 14.4 Å². The number of aryl methyl sites for hydroxylation is 2. The number of aromatic nitrogens is 2. The zero-order valence-corrected chi connectivity index (χ0v) is 20.3. The Morgan fingerprint density at radius 1 is 1.09 bits per heavy atom. The number of anilines is 2. The van der Waals surface area contributed by atoms with Crippen molar-refractivity contribution in [1.82, 2.24) is 14.9 Å².